The van der Waals surface area contributed by atoms with Gasteiger partial charge in [0.15, 0.2) is 0 Å². The molecule has 3 heterocycles. The van der Waals surface area contributed by atoms with Crippen molar-refractivity contribution < 1.29 is 19.4 Å². The van der Waals surface area contributed by atoms with E-state index in [1.165, 1.54) is 13.3 Å². The van der Waals surface area contributed by atoms with Gasteiger partial charge in [-0.3, -0.25) is 14.2 Å². The van der Waals surface area contributed by atoms with Gasteiger partial charge in [-0.25, -0.2) is 14.3 Å². The standard InChI is InChI=1S/C26H31N5O6/c1-7-30-24(34)19(22(27)31(25(30)35)15-8-9-17(36-6)28-12-15)29-23(33)18-14(3)20(32)13(2)16-10-11-26(4,5)37-21(16)18/h8-9,12,32H,7,10-11,27H2,1-6H3,(H,29,33). The van der Waals surface area contributed by atoms with Gasteiger partial charge in [-0.15, -0.1) is 0 Å². The predicted octanol–water partition coefficient (Wildman–Crippen LogP) is 2.68. The van der Waals surface area contributed by atoms with Crippen LogP contribution in [0.1, 0.15) is 54.2 Å². The molecule has 1 amide bonds. The number of nitrogen functional groups attached to an aromatic ring is 1. The molecule has 196 valence electrons. The number of nitrogens with two attached hydrogens (primary N) is 1. The summed E-state index contributed by atoms with van der Waals surface area (Å²) in [7, 11) is 1.46. The van der Waals surface area contributed by atoms with Gasteiger partial charge in [0.1, 0.15) is 28.6 Å². The normalized spacial score (nSPS) is 14.0. The SMILES string of the molecule is CCn1c(=O)c(NC(=O)c2c(C)c(O)c(C)c3c2OC(C)(C)CC3)c(N)n(-c2ccc(OC)nc2)c1=O. The molecule has 0 saturated heterocycles. The number of rotatable bonds is 5. The molecule has 11 heteroatoms. The van der Waals surface area contributed by atoms with E-state index in [9.17, 15) is 19.5 Å². The van der Waals surface area contributed by atoms with Gasteiger partial charge in [-0.2, -0.15) is 0 Å². The minimum atomic E-state index is -0.750. The Bertz CT molecular complexity index is 1520. The van der Waals surface area contributed by atoms with Crippen molar-refractivity contribution in [1.29, 1.82) is 0 Å². The van der Waals surface area contributed by atoms with Gasteiger partial charge in [0.05, 0.1) is 24.6 Å². The topological polar surface area (TPSA) is 151 Å². The Balaban J connectivity index is 1.89. The highest BCUT2D eigenvalue weighted by Gasteiger charge is 2.34. The second-order valence-electron chi connectivity index (χ2n) is 9.58. The van der Waals surface area contributed by atoms with Crippen LogP contribution in [0.3, 0.4) is 0 Å². The number of carbonyl (C=O) groups excluding carboxylic acids is 1. The number of carbonyl (C=O) groups is 1. The van der Waals surface area contributed by atoms with Crippen LogP contribution in [-0.2, 0) is 13.0 Å². The van der Waals surface area contributed by atoms with Gasteiger partial charge < -0.3 is 25.6 Å². The Morgan fingerprint density at radius 2 is 1.97 bits per heavy atom. The fourth-order valence-corrected chi connectivity index (χ4v) is 4.59. The zero-order valence-electron chi connectivity index (χ0n) is 21.8. The van der Waals surface area contributed by atoms with Crippen LogP contribution < -0.4 is 31.8 Å². The zero-order chi connectivity index (χ0) is 27.2. The summed E-state index contributed by atoms with van der Waals surface area (Å²) in [6.45, 7) is 8.91. The first-order chi connectivity index (χ1) is 17.4. The number of ether oxygens (including phenoxy) is 2. The Labute approximate surface area is 213 Å². The summed E-state index contributed by atoms with van der Waals surface area (Å²) >= 11 is 0. The molecule has 11 nitrogen and oxygen atoms in total. The van der Waals surface area contributed by atoms with Crippen LogP contribution in [0.25, 0.3) is 5.69 Å². The first-order valence-corrected chi connectivity index (χ1v) is 11.9. The van der Waals surface area contributed by atoms with Crippen molar-refractivity contribution in [3.05, 3.63) is 61.4 Å². The molecule has 0 unspecified atom stereocenters. The van der Waals surface area contributed by atoms with Crippen LogP contribution in [-0.4, -0.2) is 37.8 Å². The van der Waals surface area contributed by atoms with Crippen LogP contribution in [0.5, 0.6) is 17.4 Å². The minimum absolute atomic E-state index is 0.0135. The average Bonchev–Trinajstić information content (AvgIpc) is 2.85. The van der Waals surface area contributed by atoms with Gasteiger partial charge in [-0.05, 0) is 59.1 Å². The third-order valence-electron chi connectivity index (χ3n) is 6.74. The number of nitrogens with one attached hydrogen (secondary N) is 1. The largest absolute Gasteiger partial charge is 0.507 e. The molecule has 1 aliphatic rings. The quantitative estimate of drug-likeness (QED) is 0.475. The summed E-state index contributed by atoms with van der Waals surface area (Å²) in [5.41, 5.74) is 6.17. The van der Waals surface area contributed by atoms with Crippen LogP contribution in [0.2, 0.25) is 0 Å². The lowest BCUT2D eigenvalue weighted by Gasteiger charge is -2.35. The number of nitrogens with zero attached hydrogens (tertiary/aromatic N) is 3. The maximum absolute atomic E-state index is 13.7. The highest BCUT2D eigenvalue weighted by molar-refractivity contribution is 6.09. The highest BCUT2D eigenvalue weighted by atomic mass is 16.5. The molecule has 3 aromatic rings. The fourth-order valence-electron chi connectivity index (χ4n) is 4.59. The first-order valence-electron chi connectivity index (χ1n) is 11.9. The third-order valence-corrected chi connectivity index (χ3v) is 6.74. The fraction of sp³-hybridized carbons (Fsp3) is 0.385. The summed E-state index contributed by atoms with van der Waals surface area (Å²) < 4.78 is 13.3. The molecule has 0 radical (unpaired) electrons. The second kappa shape index (κ2) is 9.30. The van der Waals surface area contributed by atoms with Gasteiger partial charge in [0.25, 0.3) is 11.5 Å². The predicted molar refractivity (Wildman–Crippen MR) is 139 cm³/mol. The number of aromatic nitrogens is 3. The molecule has 4 N–H and O–H groups in total. The Morgan fingerprint density at radius 1 is 1.27 bits per heavy atom. The van der Waals surface area contributed by atoms with Crippen molar-refractivity contribution in [3.63, 3.8) is 0 Å². The molecule has 0 saturated carbocycles. The molecular weight excluding hydrogens is 478 g/mol. The van der Waals surface area contributed by atoms with Gasteiger partial charge in [-0.1, -0.05) is 0 Å². The number of hydrogen-bond donors (Lipinski definition) is 3. The molecule has 37 heavy (non-hydrogen) atoms. The number of aromatic hydroxyl groups is 1. The van der Waals surface area contributed by atoms with E-state index in [0.29, 0.717) is 35.6 Å². The van der Waals surface area contributed by atoms with Crippen LogP contribution in [0.4, 0.5) is 11.5 Å². The summed E-state index contributed by atoms with van der Waals surface area (Å²) in [4.78, 5) is 44.1. The lowest BCUT2D eigenvalue weighted by atomic mass is 9.87. The Kier molecular flexibility index (Phi) is 6.49. The van der Waals surface area contributed by atoms with E-state index in [0.717, 1.165) is 14.7 Å². The van der Waals surface area contributed by atoms with E-state index in [4.69, 9.17) is 15.2 Å². The van der Waals surface area contributed by atoms with Crippen molar-refractivity contribution in [3.8, 4) is 23.1 Å². The summed E-state index contributed by atoms with van der Waals surface area (Å²) in [5.74, 6) is -0.269. The molecule has 0 spiro atoms. The van der Waals surface area contributed by atoms with Crippen molar-refractivity contribution in [2.75, 3.05) is 18.2 Å². The van der Waals surface area contributed by atoms with E-state index in [2.05, 4.69) is 10.3 Å². The smallest absolute Gasteiger partial charge is 0.337 e. The number of amides is 1. The van der Waals surface area contributed by atoms with Crippen molar-refractivity contribution >= 4 is 17.4 Å². The molecular formula is C26H31N5O6. The lowest BCUT2D eigenvalue weighted by Crippen LogP contribution is -2.42. The number of hydrogen-bond acceptors (Lipinski definition) is 8. The van der Waals surface area contributed by atoms with E-state index in [-0.39, 0.29) is 35.1 Å². The number of methoxy groups -OCH3 is 1. The van der Waals surface area contributed by atoms with Crippen LogP contribution in [0.15, 0.2) is 27.9 Å². The van der Waals surface area contributed by atoms with Gasteiger partial charge in [0, 0.05) is 23.7 Å². The Morgan fingerprint density at radius 3 is 2.57 bits per heavy atom. The van der Waals surface area contributed by atoms with E-state index >= 15 is 0 Å². The van der Waals surface area contributed by atoms with Gasteiger partial charge >= 0.3 is 5.69 Å². The van der Waals surface area contributed by atoms with Crippen molar-refractivity contribution in [2.24, 2.45) is 0 Å². The van der Waals surface area contributed by atoms with E-state index < -0.39 is 22.8 Å². The molecule has 0 bridgehead atoms. The summed E-state index contributed by atoms with van der Waals surface area (Å²) in [6, 6.07) is 3.11. The molecule has 0 aliphatic carbocycles. The van der Waals surface area contributed by atoms with E-state index in [1.54, 1.807) is 32.9 Å². The molecule has 1 aliphatic heterocycles. The molecule has 1 aromatic carbocycles. The maximum Gasteiger partial charge on any atom is 0.337 e. The Hall–Kier alpha value is -4.28. The number of phenolic OH excluding ortho intramolecular Hbond substituents is 1. The molecule has 0 fully saturated rings. The first kappa shape index (κ1) is 25.8. The van der Waals surface area contributed by atoms with Crippen molar-refractivity contribution in [1.82, 2.24) is 14.1 Å². The van der Waals surface area contributed by atoms with E-state index in [1.807, 2.05) is 13.8 Å². The number of fused-ring (bicyclic) bond motifs is 1. The van der Waals surface area contributed by atoms with Crippen molar-refractivity contribution in [2.45, 2.75) is 59.6 Å². The number of benzene rings is 1. The summed E-state index contributed by atoms with van der Waals surface area (Å²) in [6.07, 6.45) is 2.70. The highest BCUT2D eigenvalue weighted by Crippen LogP contribution is 2.43. The monoisotopic (exact) mass is 509 g/mol. The second-order valence-corrected chi connectivity index (χ2v) is 9.58. The van der Waals surface area contributed by atoms with Gasteiger partial charge in [0.2, 0.25) is 5.88 Å². The number of anilines is 2. The third kappa shape index (κ3) is 4.30. The number of phenols is 1. The number of pyridine rings is 1. The zero-order valence-corrected chi connectivity index (χ0v) is 21.8. The molecule has 0 atom stereocenters. The molecule has 2 aromatic heterocycles. The van der Waals surface area contributed by atoms with Crippen LogP contribution in [0, 0.1) is 13.8 Å². The molecule has 4 rings (SSSR count). The maximum atomic E-state index is 13.7. The minimum Gasteiger partial charge on any atom is -0.507 e. The lowest BCUT2D eigenvalue weighted by molar-refractivity contribution is 0.0805. The average molecular weight is 510 g/mol. The van der Waals surface area contributed by atoms with Crippen LogP contribution >= 0.6 is 0 Å². The summed E-state index contributed by atoms with van der Waals surface area (Å²) in [5, 5.41) is 13.4.